The molecule has 0 aliphatic heterocycles. The summed E-state index contributed by atoms with van der Waals surface area (Å²) >= 11 is 3.08. The summed E-state index contributed by atoms with van der Waals surface area (Å²) in [4.78, 5) is 24.4. The van der Waals surface area contributed by atoms with E-state index in [-0.39, 0.29) is 17.3 Å². The first kappa shape index (κ1) is 17.9. The largest absolute Gasteiger partial charge is 0.322 e. The number of rotatable bonds is 7. The van der Waals surface area contributed by atoms with Gasteiger partial charge in [0.2, 0.25) is 0 Å². The number of carbonyl (C=O) groups excluding carboxylic acids is 2. The van der Waals surface area contributed by atoms with Gasteiger partial charge in [0.1, 0.15) is 5.57 Å². The van der Waals surface area contributed by atoms with Gasteiger partial charge in [-0.25, -0.2) is 0 Å². The van der Waals surface area contributed by atoms with Gasteiger partial charge in [-0.15, -0.1) is 23.5 Å². The molecule has 0 aromatic heterocycles. The lowest BCUT2D eigenvalue weighted by molar-refractivity contribution is -0.118. The zero-order chi connectivity index (χ0) is 15.8. The maximum atomic E-state index is 12.5. The molecule has 0 saturated carbocycles. The normalized spacial score (nSPS) is 10.1. The Bertz CT molecular complexity index is 545. The fraction of sp³-hybridized carbons (Fsp3) is 0.375. The molecule has 1 aromatic carbocycles. The number of hydrogen-bond acceptors (Lipinski definition) is 4. The van der Waals surface area contributed by atoms with Crippen molar-refractivity contribution in [2.75, 3.05) is 16.8 Å². The summed E-state index contributed by atoms with van der Waals surface area (Å²) in [6.45, 7) is 7.39. The maximum Gasteiger partial charge on any atom is 0.260 e. The van der Waals surface area contributed by atoms with E-state index in [0.29, 0.717) is 0 Å². The number of aryl methyl sites for hydroxylation is 1. The highest BCUT2D eigenvalue weighted by atomic mass is 32.2. The van der Waals surface area contributed by atoms with Crippen molar-refractivity contribution >= 4 is 40.9 Å². The second-order valence-corrected chi connectivity index (χ2v) is 7.16. The number of carbonyl (C=O) groups is 2. The Kier molecular flexibility index (Phi) is 7.61. The predicted octanol–water partition coefficient (Wildman–Crippen LogP) is 4.24. The number of para-hydroxylation sites is 1. The highest BCUT2D eigenvalue weighted by Crippen LogP contribution is 2.32. The fourth-order valence-corrected chi connectivity index (χ4v) is 4.07. The lowest BCUT2D eigenvalue weighted by Gasteiger charge is -2.13. The standard InChI is InChI=1S/C16H21NO2S2/c1-5-20-16(21-6-2)14(12(4)18)15(19)17-13-10-8-7-9-11(13)3/h7-10H,5-6H2,1-4H3,(H,17,19). The molecule has 21 heavy (non-hydrogen) atoms. The second kappa shape index (κ2) is 8.95. The summed E-state index contributed by atoms with van der Waals surface area (Å²) in [5.74, 6) is 1.14. The summed E-state index contributed by atoms with van der Waals surface area (Å²) in [6, 6.07) is 7.54. The van der Waals surface area contributed by atoms with Gasteiger partial charge in [0.25, 0.3) is 5.91 Å². The molecule has 3 nitrogen and oxygen atoms in total. The minimum atomic E-state index is -0.325. The van der Waals surface area contributed by atoms with Crippen LogP contribution in [0.2, 0.25) is 0 Å². The van der Waals surface area contributed by atoms with Crippen LogP contribution in [0.1, 0.15) is 26.3 Å². The number of nitrogens with one attached hydrogen (secondary N) is 1. The summed E-state index contributed by atoms with van der Waals surface area (Å²) in [5, 5.41) is 2.84. The van der Waals surface area contributed by atoms with Crippen molar-refractivity contribution in [1.82, 2.24) is 0 Å². The molecule has 1 N–H and O–H groups in total. The van der Waals surface area contributed by atoms with Crippen LogP contribution in [0.4, 0.5) is 5.69 Å². The van der Waals surface area contributed by atoms with Crippen molar-refractivity contribution in [3.8, 4) is 0 Å². The molecular formula is C16H21NO2S2. The number of anilines is 1. The highest BCUT2D eigenvalue weighted by Gasteiger charge is 2.21. The summed E-state index contributed by atoms with van der Waals surface area (Å²) < 4.78 is 0.804. The van der Waals surface area contributed by atoms with Gasteiger partial charge in [-0.2, -0.15) is 0 Å². The predicted molar refractivity (Wildman–Crippen MR) is 93.8 cm³/mol. The SMILES string of the molecule is CCSC(SCC)=C(C(C)=O)C(=O)Nc1ccccc1C. The number of thioether (sulfide) groups is 2. The molecule has 0 unspecified atom stereocenters. The Morgan fingerprint density at radius 1 is 1.10 bits per heavy atom. The van der Waals surface area contributed by atoms with E-state index in [1.807, 2.05) is 45.0 Å². The molecule has 1 amide bonds. The van der Waals surface area contributed by atoms with Crippen LogP contribution < -0.4 is 5.32 Å². The van der Waals surface area contributed by atoms with E-state index in [9.17, 15) is 9.59 Å². The van der Waals surface area contributed by atoms with Crippen molar-refractivity contribution in [3.05, 3.63) is 39.6 Å². The first-order valence-electron chi connectivity index (χ1n) is 6.89. The molecule has 1 rings (SSSR count). The summed E-state index contributed by atoms with van der Waals surface area (Å²) in [5.41, 5.74) is 1.97. The summed E-state index contributed by atoms with van der Waals surface area (Å²) in [6.07, 6.45) is 0. The van der Waals surface area contributed by atoms with E-state index in [4.69, 9.17) is 0 Å². The molecule has 0 radical (unpaired) electrons. The molecule has 0 saturated heterocycles. The highest BCUT2D eigenvalue weighted by molar-refractivity contribution is 8.22. The van der Waals surface area contributed by atoms with Crippen LogP contribution in [-0.2, 0) is 9.59 Å². The van der Waals surface area contributed by atoms with Crippen molar-refractivity contribution in [3.63, 3.8) is 0 Å². The van der Waals surface area contributed by atoms with Gasteiger partial charge in [0.05, 0.1) is 4.24 Å². The fourth-order valence-electron chi connectivity index (χ4n) is 1.74. The van der Waals surface area contributed by atoms with Crippen LogP contribution in [-0.4, -0.2) is 23.2 Å². The first-order chi connectivity index (χ1) is 10.0. The zero-order valence-corrected chi connectivity index (χ0v) is 14.5. The van der Waals surface area contributed by atoms with Crippen LogP contribution in [0.3, 0.4) is 0 Å². The van der Waals surface area contributed by atoms with Gasteiger partial charge in [-0.3, -0.25) is 9.59 Å². The van der Waals surface area contributed by atoms with Crippen LogP contribution >= 0.6 is 23.5 Å². The first-order valence-corrected chi connectivity index (χ1v) is 8.86. The Labute approximate surface area is 135 Å². The molecule has 114 valence electrons. The monoisotopic (exact) mass is 323 g/mol. The quantitative estimate of drug-likeness (QED) is 0.463. The van der Waals surface area contributed by atoms with Gasteiger partial charge >= 0.3 is 0 Å². The third-order valence-electron chi connectivity index (χ3n) is 2.73. The zero-order valence-electron chi connectivity index (χ0n) is 12.9. The molecule has 0 bridgehead atoms. The van der Waals surface area contributed by atoms with E-state index in [2.05, 4.69) is 5.32 Å². The van der Waals surface area contributed by atoms with Crippen molar-refractivity contribution < 1.29 is 9.59 Å². The smallest absolute Gasteiger partial charge is 0.260 e. The lowest BCUT2D eigenvalue weighted by atomic mass is 10.1. The minimum absolute atomic E-state index is 0.196. The molecule has 1 aromatic rings. The third kappa shape index (κ3) is 5.25. The molecule has 0 aliphatic carbocycles. The molecule has 5 heteroatoms. The van der Waals surface area contributed by atoms with E-state index in [1.165, 1.54) is 6.92 Å². The van der Waals surface area contributed by atoms with E-state index >= 15 is 0 Å². The van der Waals surface area contributed by atoms with Crippen LogP contribution in [0.15, 0.2) is 34.1 Å². The molecular weight excluding hydrogens is 302 g/mol. The van der Waals surface area contributed by atoms with Gasteiger partial charge in [0, 0.05) is 5.69 Å². The topological polar surface area (TPSA) is 46.2 Å². The van der Waals surface area contributed by atoms with Crippen LogP contribution in [0, 0.1) is 6.92 Å². The number of hydrogen-bond donors (Lipinski definition) is 1. The molecule has 0 spiro atoms. The van der Waals surface area contributed by atoms with Gasteiger partial charge in [-0.05, 0) is 37.0 Å². The average molecular weight is 323 g/mol. The minimum Gasteiger partial charge on any atom is -0.322 e. The maximum absolute atomic E-state index is 12.5. The van der Waals surface area contributed by atoms with Crippen molar-refractivity contribution in [2.24, 2.45) is 0 Å². The Hall–Kier alpha value is -1.20. The number of ketones is 1. The summed E-state index contributed by atoms with van der Waals surface area (Å²) in [7, 11) is 0. The number of benzene rings is 1. The van der Waals surface area contributed by atoms with Crippen LogP contribution in [0.25, 0.3) is 0 Å². The van der Waals surface area contributed by atoms with Crippen molar-refractivity contribution in [1.29, 1.82) is 0 Å². The second-order valence-electron chi connectivity index (χ2n) is 4.35. The Morgan fingerprint density at radius 2 is 1.67 bits per heavy atom. The van der Waals surface area contributed by atoms with Crippen molar-refractivity contribution in [2.45, 2.75) is 27.7 Å². The molecule has 0 aliphatic rings. The van der Waals surface area contributed by atoms with Gasteiger partial charge in [0.15, 0.2) is 5.78 Å². The van der Waals surface area contributed by atoms with E-state index in [1.54, 1.807) is 23.5 Å². The molecule has 0 fully saturated rings. The van der Waals surface area contributed by atoms with Gasteiger partial charge in [-0.1, -0.05) is 32.0 Å². The molecule has 0 heterocycles. The lowest BCUT2D eigenvalue weighted by Crippen LogP contribution is -2.20. The van der Waals surface area contributed by atoms with E-state index in [0.717, 1.165) is 27.0 Å². The Morgan fingerprint density at radius 3 is 2.14 bits per heavy atom. The third-order valence-corrected chi connectivity index (χ3v) is 4.94. The Balaban J connectivity index is 3.10. The molecule has 0 atom stereocenters. The van der Waals surface area contributed by atoms with Crippen LogP contribution in [0.5, 0.6) is 0 Å². The number of amides is 1. The average Bonchev–Trinajstić information content (AvgIpc) is 2.41. The van der Waals surface area contributed by atoms with Gasteiger partial charge < -0.3 is 5.32 Å². The number of Topliss-reactive ketones (excluding diaryl/α,β-unsaturated/α-hetero) is 1. The van der Waals surface area contributed by atoms with E-state index < -0.39 is 0 Å².